The molecular weight excluding hydrogens is 350 g/mol. The van der Waals surface area contributed by atoms with Gasteiger partial charge in [0, 0.05) is 43.6 Å². The van der Waals surface area contributed by atoms with Gasteiger partial charge in [0.15, 0.2) is 0 Å². The molecule has 0 spiro atoms. The molecule has 0 aliphatic carbocycles. The molecule has 1 fully saturated rings. The minimum absolute atomic E-state index is 0.0326. The monoisotopic (exact) mass is 375 g/mol. The second-order valence-electron chi connectivity index (χ2n) is 7.43. The maximum atomic E-state index is 12.5. The first kappa shape index (κ1) is 17.6. The Labute approximate surface area is 158 Å². The molecule has 2 aliphatic heterocycles. The third-order valence-corrected chi connectivity index (χ3v) is 5.74. The third kappa shape index (κ3) is 3.67. The number of nitrogens with zero attached hydrogens (tertiary/aromatic N) is 3. The zero-order valence-electron chi connectivity index (χ0n) is 15.2. The quantitative estimate of drug-likeness (QED) is 0.862. The number of aromatic amines is 1. The number of nitrogens with one attached hydrogen (secondary N) is 2. The van der Waals surface area contributed by atoms with Gasteiger partial charge in [-0.2, -0.15) is 5.10 Å². The molecule has 4 heterocycles. The van der Waals surface area contributed by atoms with Crippen LogP contribution in [0, 0.1) is 0 Å². The van der Waals surface area contributed by atoms with Crippen molar-refractivity contribution in [2.45, 2.75) is 57.7 Å². The van der Waals surface area contributed by atoms with Crippen molar-refractivity contribution in [3.05, 3.63) is 40.4 Å². The van der Waals surface area contributed by atoms with E-state index < -0.39 is 0 Å². The molecular formula is C19H26ClN5O. The molecule has 0 radical (unpaired) electrons. The Morgan fingerprint density at radius 1 is 1.31 bits per heavy atom. The molecule has 2 aromatic rings. The van der Waals surface area contributed by atoms with E-state index in [1.54, 1.807) is 12.3 Å². The fourth-order valence-electron chi connectivity index (χ4n) is 4.00. The zero-order chi connectivity index (χ0) is 18.1. The summed E-state index contributed by atoms with van der Waals surface area (Å²) in [6, 6.07) is 4.60. The highest BCUT2D eigenvalue weighted by Gasteiger charge is 2.26. The van der Waals surface area contributed by atoms with E-state index in [9.17, 15) is 4.79 Å². The largest absolute Gasteiger partial charge is 0.356 e. The first-order valence-corrected chi connectivity index (χ1v) is 9.94. The van der Waals surface area contributed by atoms with Crippen LogP contribution in [0.1, 0.15) is 60.5 Å². The number of likely N-dealkylation sites (tertiary alicyclic amines) is 1. The number of halogens is 1. The van der Waals surface area contributed by atoms with Crippen LogP contribution in [0.5, 0.6) is 0 Å². The Balaban J connectivity index is 1.30. The lowest BCUT2D eigenvalue weighted by Crippen LogP contribution is -2.45. The van der Waals surface area contributed by atoms with Gasteiger partial charge < -0.3 is 15.2 Å². The highest BCUT2D eigenvalue weighted by molar-refractivity contribution is 6.30. The fourth-order valence-corrected chi connectivity index (χ4v) is 4.17. The smallest absolute Gasteiger partial charge is 0.270 e. The van der Waals surface area contributed by atoms with Crippen LogP contribution < -0.4 is 5.32 Å². The van der Waals surface area contributed by atoms with Crippen LogP contribution in [0.15, 0.2) is 18.3 Å². The summed E-state index contributed by atoms with van der Waals surface area (Å²) in [5, 5.41) is 9.05. The standard InChI is InChI=1S/C19H26ClN5O/c1-13(17-11-16-4-2-3-7-25(16)23-17)22-15-5-8-24(9-6-15)19(26)18-10-14(20)12-21-18/h10-13,15,21-22H,2-9H2,1H3. The van der Waals surface area contributed by atoms with Crippen molar-refractivity contribution in [3.8, 4) is 0 Å². The second-order valence-corrected chi connectivity index (χ2v) is 7.86. The van der Waals surface area contributed by atoms with Gasteiger partial charge in [-0.05, 0) is 51.2 Å². The van der Waals surface area contributed by atoms with Crippen LogP contribution in [0.2, 0.25) is 5.02 Å². The molecule has 140 valence electrons. The Morgan fingerprint density at radius 3 is 2.81 bits per heavy atom. The maximum absolute atomic E-state index is 12.5. The molecule has 2 aromatic heterocycles. The fraction of sp³-hybridized carbons (Fsp3) is 0.579. The van der Waals surface area contributed by atoms with Crippen LogP contribution in [0.25, 0.3) is 0 Å². The average Bonchev–Trinajstić information content (AvgIpc) is 3.28. The van der Waals surface area contributed by atoms with Crippen molar-refractivity contribution >= 4 is 17.5 Å². The van der Waals surface area contributed by atoms with Gasteiger partial charge >= 0.3 is 0 Å². The van der Waals surface area contributed by atoms with Crippen LogP contribution in [0.3, 0.4) is 0 Å². The summed E-state index contributed by atoms with van der Waals surface area (Å²) in [6.07, 6.45) is 7.20. The van der Waals surface area contributed by atoms with Gasteiger partial charge in [-0.1, -0.05) is 11.6 Å². The van der Waals surface area contributed by atoms with Crippen LogP contribution >= 0.6 is 11.6 Å². The van der Waals surface area contributed by atoms with E-state index >= 15 is 0 Å². The summed E-state index contributed by atoms with van der Waals surface area (Å²) in [5.74, 6) is 0.0326. The molecule has 7 heteroatoms. The van der Waals surface area contributed by atoms with E-state index in [4.69, 9.17) is 16.7 Å². The van der Waals surface area contributed by atoms with Gasteiger partial charge in [-0.25, -0.2) is 0 Å². The molecule has 2 N–H and O–H groups in total. The number of carbonyl (C=O) groups excluding carboxylic acids is 1. The van der Waals surface area contributed by atoms with Gasteiger partial charge in [0.05, 0.1) is 10.7 Å². The Bertz CT molecular complexity index is 751. The molecule has 0 bridgehead atoms. The first-order chi connectivity index (χ1) is 12.6. The van der Waals surface area contributed by atoms with E-state index in [1.165, 1.54) is 18.5 Å². The minimum Gasteiger partial charge on any atom is -0.356 e. The van der Waals surface area contributed by atoms with Crippen LogP contribution in [-0.2, 0) is 13.0 Å². The van der Waals surface area contributed by atoms with E-state index in [-0.39, 0.29) is 11.9 Å². The van der Waals surface area contributed by atoms with Crippen molar-refractivity contribution in [1.82, 2.24) is 25.0 Å². The predicted molar refractivity (Wildman–Crippen MR) is 101 cm³/mol. The van der Waals surface area contributed by atoms with Gasteiger partial charge in [-0.15, -0.1) is 0 Å². The van der Waals surface area contributed by atoms with E-state index in [0.29, 0.717) is 16.8 Å². The molecule has 0 saturated carbocycles. The highest BCUT2D eigenvalue weighted by atomic mass is 35.5. The Hall–Kier alpha value is -1.79. The third-order valence-electron chi connectivity index (χ3n) is 5.52. The Kier molecular flexibility index (Phi) is 5.05. The van der Waals surface area contributed by atoms with E-state index in [0.717, 1.165) is 44.6 Å². The van der Waals surface area contributed by atoms with Crippen molar-refractivity contribution in [1.29, 1.82) is 0 Å². The van der Waals surface area contributed by atoms with Gasteiger partial charge in [0.1, 0.15) is 5.69 Å². The molecule has 26 heavy (non-hydrogen) atoms. The number of aromatic nitrogens is 3. The molecule has 6 nitrogen and oxygen atoms in total. The van der Waals surface area contributed by atoms with Crippen LogP contribution in [0.4, 0.5) is 0 Å². The maximum Gasteiger partial charge on any atom is 0.270 e. The number of hydrogen-bond acceptors (Lipinski definition) is 3. The normalized spacial score (nSPS) is 19.4. The predicted octanol–water partition coefficient (Wildman–Crippen LogP) is 3.16. The number of fused-ring (bicyclic) bond motifs is 1. The molecule has 1 unspecified atom stereocenters. The number of rotatable bonds is 4. The number of hydrogen-bond donors (Lipinski definition) is 2. The second kappa shape index (κ2) is 7.45. The van der Waals surface area contributed by atoms with Gasteiger partial charge in [0.2, 0.25) is 0 Å². The van der Waals surface area contributed by atoms with Crippen molar-refractivity contribution in [2.75, 3.05) is 13.1 Å². The lowest BCUT2D eigenvalue weighted by molar-refractivity contribution is 0.0697. The number of amides is 1. The van der Waals surface area contributed by atoms with Crippen LogP contribution in [-0.4, -0.2) is 44.7 Å². The molecule has 1 saturated heterocycles. The summed E-state index contributed by atoms with van der Waals surface area (Å²) in [5.41, 5.74) is 3.07. The van der Waals surface area contributed by atoms with Crippen molar-refractivity contribution in [2.24, 2.45) is 0 Å². The van der Waals surface area contributed by atoms with E-state index in [1.807, 2.05) is 4.90 Å². The minimum atomic E-state index is 0.0326. The molecule has 1 atom stereocenters. The summed E-state index contributed by atoms with van der Waals surface area (Å²) in [6.45, 7) is 4.76. The zero-order valence-corrected chi connectivity index (χ0v) is 15.9. The molecule has 1 amide bonds. The summed E-state index contributed by atoms with van der Waals surface area (Å²) in [7, 11) is 0. The highest BCUT2D eigenvalue weighted by Crippen LogP contribution is 2.22. The first-order valence-electron chi connectivity index (χ1n) is 9.56. The number of carbonyl (C=O) groups is 1. The SMILES string of the molecule is CC(NC1CCN(C(=O)c2cc(Cl)c[nH]2)CC1)c1cc2n(n1)CCCC2. The molecule has 0 aromatic carbocycles. The average molecular weight is 376 g/mol. The Morgan fingerprint density at radius 2 is 2.12 bits per heavy atom. The topological polar surface area (TPSA) is 66.0 Å². The number of piperidine rings is 1. The van der Waals surface area contributed by atoms with E-state index in [2.05, 4.69) is 28.0 Å². The summed E-state index contributed by atoms with van der Waals surface area (Å²) >= 11 is 5.90. The lowest BCUT2D eigenvalue weighted by atomic mass is 10.0. The van der Waals surface area contributed by atoms with Gasteiger partial charge in [0.25, 0.3) is 5.91 Å². The molecule has 2 aliphatic rings. The van der Waals surface area contributed by atoms with Gasteiger partial charge in [-0.3, -0.25) is 9.48 Å². The lowest BCUT2D eigenvalue weighted by Gasteiger charge is -2.33. The summed E-state index contributed by atoms with van der Waals surface area (Å²) in [4.78, 5) is 17.3. The van der Waals surface area contributed by atoms with Crippen molar-refractivity contribution in [3.63, 3.8) is 0 Å². The number of aryl methyl sites for hydroxylation is 2. The summed E-state index contributed by atoms with van der Waals surface area (Å²) < 4.78 is 2.17. The number of H-pyrrole nitrogens is 1. The molecule has 4 rings (SSSR count). The van der Waals surface area contributed by atoms with Crippen molar-refractivity contribution < 1.29 is 4.79 Å².